The standard InChI is InChI=1S/C22H20Cl2O2/c1-22(2)12-16(11-14-3-7-17(23)8-4-14)21(26)19(13-22)20(25)15-5-9-18(24)10-6-15/h3-11,13,20,25H,12H2,1-2H3/b16-11+. The lowest BCUT2D eigenvalue weighted by Gasteiger charge is -2.30. The minimum absolute atomic E-state index is 0.123. The van der Waals surface area contributed by atoms with Gasteiger partial charge in [0.25, 0.3) is 0 Å². The average molecular weight is 387 g/mol. The van der Waals surface area contributed by atoms with Gasteiger partial charge >= 0.3 is 0 Å². The summed E-state index contributed by atoms with van der Waals surface area (Å²) in [5.41, 5.74) is 2.43. The smallest absolute Gasteiger partial charge is 0.187 e. The third-order valence-corrected chi connectivity index (χ3v) is 4.94. The van der Waals surface area contributed by atoms with Gasteiger partial charge in [-0.25, -0.2) is 0 Å². The van der Waals surface area contributed by atoms with Crippen LogP contribution in [0.3, 0.4) is 0 Å². The van der Waals surface area contributed by atoms with Crippen LogP contribution in [0.4, 0.5) is 0 Å². The Hall–Kier alpha value is -1.87. The zero-order valence-electron chi connectivity index (χ0n) is 14.7. The Kier molecular flexibility index (Phi) is 5.38. The third-order valence-electron chi connectivity index (χ3n) is 4.44. The van der Waals surface area contributed by atoms with E-state index >= 15 is 0 Å². The van der Waals surface area contributed by atoms with Crippen molar-refractivity contribution >= 4 is 35.1 Å². The van der Waals surface area contributed by atoms with Crippen molar-refractivity contribution in [2.24, 2.45) is 5.41 Å². The molecule has 0 saturated carbocycles. The molecule has 0 amide bonds. The summed E-state index contributed by atoms with van der Waals surface area (Å²) in [5, 5.41) is 12.0. The summed E-state index contributed by atoms with van der Waals surface area (Å²) < 4.78 is 0. The highest BCUT2D eigenvalue weighted by atomic mass is 35.5. The van der Waals surface area contributed by atoms with Crippen molar-refractivity contribution in [1.29, 1.82) is 0 Å². The molecule has 26 heavy (non-hydrogen) atoms. The Morgan fingerprint density at radius 1 is 1.00 bits per heavy atom. The molecule has 4 heteroatoms. The molecule has 0 spiro atoms. The van der Waals surface area contributed by atoms with E-state index < -0.39 is 6.10 Å². The molecule has 3 rings (SSSR count). The van der Waals surface area contributed by atoms with Gasteiger partial charge in [-0.15, -0.1) is 0 Å². The van der Waals surface area contributed by atoms with Crippen LogP contribution in [0, 0.1) is 5.41 Å². The van der Waals surface area contributed by atoms with E-state index in [2.05, 4.69) is 13.8 Å². The van der Waals surface area contributed by atoms with Crippen molar-refractivity contribution in [3.63, 3.8) is 0 Å². The molecule has 1 unspecified atom stereocenters. The van der Waals surface area contributed by atoms with Gasteiger partial charge in [0, 0.05) is 21.2 Å². The number of allylic oxidation sites excluding steroid dienone is 2. The first-order valence-electron chi connectivity index (χ1n) is 8.42. The molecule has 0 bridgehead atoms. The van der Waals surface area contributed by atoms with Crippen molar-refractivity contribution in [3.8, 4) is 0 Å². The predicted molar refractivity (Wildman–Crippen MR) is 107 cm³/mol. The molecule has 0 fully saturated rings. The molecular formula is C22H20Cl2O2. The van der Waals surface area contributed by atoms with Crippen LogP contribution in [0.2, 0.25) is 10.0 Å². The lowest BCUT2D eigenvalue weighted by atomic mass is 9.74. The molecular weight excluding hydrogens is 367 g/mol. The van der Waals surface area contributed by atoms with Gasteiger partial charge < -0.3 is 5.11 Å². The number of hydrogen-bond donors (Lipinski definition) is 1. The van der Waals surface area contributed by atoms with Crippen molar-refractivity contribution in [1.82, 2.24) is 0 Å². The Morgan fingerprint density at radius 2 is 1.54 bits per heavy atom. The highest BCUT2D eigenvalue weighted by Gasteiger charge is 2.33. The van der Waals surface area contributed by atoms with Gasteiger partial charge in [-0.1, -0.05) is 67.4 Å². The van der Waals surface area contributed by atoms with E-state index in [1.165, 1.54) is 0 Å². The number of halogens is 2. The van der Waals surface area contributed by atoms with Crippen molar-refractivity contribution in [2.75, 3.05) is 0 Å². The molecule has 0 saturated heterocycles. The molecule has 1 N–H and O–H groups in total. The first-order valence-corrected chi connectivity index (χ1v) is 9.18. The van der Waals surface area contributed by atoms with Gasteiger partial charge in [-0.2, -0.15) is 0 Å². The molecule has 134 valence electrons. The first kappa shape index (κ1) is 18.9. The molecule has 1 aliphatic rings. The van der Waals surface area contributed by atoms with E-state index in [4.69, 9.17) is 23.2 Å². The van der Waals surface area contributed by atoms with Crippen LogP contribution in [0.5, 0.6) is 0 Å². The maximum atomic E-state index is 13.0. The third kappa shape index (κ3) is 4.27. The van der Waals surface area contributed by atoms with Gasteiger partial charge in [-0.05, 0) is 53.3 Å². The summed E-state index contributed by atoms with van der Waals surface area (Å²) in [5.74, 6) is -0.123. The molecule has 2 aromatic rings. The fourth-order valence-corrected chi connectivity index (χ4v) is 3.45. The van der Waals surface area contributed by atoms with E-state index in [1.807, 2.05) is 24.3 Å². The lowest BCUT2D eigenvalue weighted by molar-refractivity contribution is -0.114. The number of Topliss-reactive ketones (excluding diaryl/α,β-unsaturated/α-hetero) is 1. The van der Waals surface area contributed by atoms with Gasteiger partial charge in [0.05, 0.1) is 0 Å². The second-order valence-corrected chi connectivity index (χ2v) is 8.14. The fourth-order valence-electron chi connectivity index (χ4n) is 3.20. The molecule has 2 nitrogen and oxygen atoms in total. The minimum Gasteiger partial charge on any atom is -0.384 e. The number of aliphatic hydroxyl groups excluding tert-OH is 1. The van der Waals surface area contributed by atoms with Gasteiger partial charge in [0.15, 0.2) is 5.78 Å². The van der Waals surface area contributed by atoms with Crippen molar-refractivity contribution < 1.29 is 9.90 Å². The number of rotatable bonds is 3. The highest BCUT2D eigenvalue weighted by molar-refractivity contribution is 6.30. The average Bonchev–Trinajstić information content (AvgIpc) is 2.59. The normalized spacial score (nSPS) is 19.3. The zero-order chi connectivity index (χ0) is 18.9. The summed E-state index contributed by atoms with van der Waals surface area (Å²) in [7, 11) is 0. The maximum Gasteiger partial charge on any atom is 0.187 e. The van der Waals surface area contributed by atoms with Crippen molar-refractivity contribution in [3.05, 3.63) is 86.9 Å². The van der Waals surface area contributed by atoms with E-state index in [1.54, 1.807) is 36.4 Å². The van der Waals surface area contributed by atoms with Crippen LogP contribution in [-0.4, -0.2) is 10.9 Å². The molecule has 0 aliphatic heterocycles. The van der Waals surface area contributed by atoms with Crippen LogP contribution in [0.25, 0.3) is 6.08 Å². The zero-order valence-corrected chi connectivity index (χ0v) is 16.2. The van der Waals surface area contributed by atoms with Crippen molar-refractivity contribution in [2.45, 2.75) is 26.4 Å². The number of hydrogen-bond acceptors (Lipinski definition) is 2. The predicted octanol–water partition coefficient (Wildman–Crippen LogP) is 6.04. The second kappa shape index (κ2) is 7.40. The van der Waals surface area contributed by atoms with Crippen LogP contribution in [-0.2, 0) is 4.79 Å². The van der Waals surface area contributed by atoms with Crippen LogP contribution in [0.1, 0.15) is 37.5 Å². The summed E-state index contributed by atoms with van der Waals surface area (Å²) in [4.78, 5) is 13.0. The monoisotopic (exact) mass is 386 g/mol. The van der Waals surface area contributed by atoms with Crippen LogP contribution < -0.4 is 0 Å². The van der Waals surface area contributed by atoms with Gasteiger partial charge in [-0.3, -0.25) is 4.79 Å². The van der Waals surface area contributed by atoms with E-state index in [-0.39, 0.29) is 11.2 Å². The summed E-state index contributed by atoms with van der Waals surface area (Å²) in [6.07, 6.45) is 3.40. The summed E-state index contributed by atoms with van der Waals surface area (Å²) in [6.45, 7) is 4.12. The number of carbonyl (C=O) groups is 1. The Balaban J connectivity index is 1.97. The highest BCUT2D eigenvalue weighted by Crippen LogP contribution is 2.40. The number of ketones is 1. The Bertz CT molecular complexity index is 875. The molecule has 1 aliphatic carbocycles. The summed E-state index contributed by atoms with van der Waals surface area (Å²) >= 11 is 11.9. The number of aliphatic hydroxyl groups is 1. The van der Waals surface area contributed by atoms with E-state index in [9.17, 15) is 9.90 Å². The van der Waals surface area contributed by atoms with Gasteiger partial charge in [0.2, 0.25) is 0 Å². The number of benzene rings is 2. The topological polar surface area (TPSA) is 37.3 Å². The van der Waals surface area contributed by atoms with Gasteiger partial charge in [0.1, 0.15) is 6.10 Å². The second-order valence-electron chi connectivity index (χ2n) is 7.27. The van der Waals surface area contributed by atoms with E-state index in [0.29, 0.717) is 33.2 Å². The lowest BCUT2D eigenvalue weighted by Crippen LogP contribution is -2.25. The molecule has 0 radical (unpaired) electrons. The van der Waals surface area contributed by atoms with Crippen LogP contribution in [0.15, 0.2) is 65.8 Å². The number of carbonyl (C=O) groups excluding carboxylic acids is 1. The molecule has 1 atom stereocenters. The minimum atomic E-state index is -0.979. The maximum absolute atomic E-state index is 13.0. The Morgan fingerprint density at radius 3 is 2.12 bits per heavy atom. The van der Waals surface area contributed by atoms with Crippen LogP contribution >= 0.6 is 23.2 Å². The van der Waals surface area contributed by atoms with E-state index in [0.717, 1.165) is 5.56 Å². The molecule has 0 aromatic heterocycles. The molecule has 0 heterocycles. The first-order chi connectivity index (χ1) is 12.2. The largest absolute Gasteiger partial charge is 0.384 e. The summed E-state index contributed by atoms with van der Waals surface area (Å²) in [6, 6.07) is 14.3. The molecule has 2 aromatic carbocycles. The SMILES string of the molecule is CC1(C)C=C(C(O)c2ccc(Cl)cc2)C(=O)/C(=C/c2ccc(Cl)cc2)C1. The quantitative estimate of drug-likeness (QED) is 0.653. The fraction of sp³-hybridized carbons (Fsp3) is 0.227. The Labute approximate surface area is 163 Å².